The summed E-state index contributed by atoms with van der Waals surface area (Å²) in [7, 11) is 0. The zero-order chi connectivity index (χ0) is 9.31. The summed E-state index contributed by atoms with van der Waals surface area (Å²) in [4.78, 5) is 0. The first-order valence-corrected chi connectivity index (χ1v) is 4.92. The van der Waals surface area contributed by atoms with Gasteiger partial charge in [0.1, 0.15) is 0 Å². The summed E-state index contributed by atoms with van der Waals surface area (Å²) >= 11 is 0. The Kier molecular flexibility index (Phi) is 2.12. The average Bonchev–Trinajstić information content (AvgIpc) is 2.54. The van der Waals surface area contributed by atoms with E-state index in [2.05, 4.69) is 38.1 Å². The van der Waals surface area contributed by atoms with E-state index in [1.54, 1.807) is 0 Å². The summed E-state index contributed by atoms with van der Waals surface area (Å²) in [6, 6.07) is 8.51. The van der Waals surface area contributed by atoms with Crippen molar-refractivity contribution in [3.05, 3.63) is 35.4 Å². The van der Waals surface area contributed by atoms with Crippen molar-refractivity contribution in [2.24, 2.45) is 0 Å². The smallest absolute Gasteiger partial charge is 0.0906 e. The van der Waals surface area contributed by atoms with Gasteiger partial charge in [-0.2, -0.15) is 0 Å². The van der Waals surface area contributed by atoms with Gasteiger partial charge in [0.2, 0.25) is 0 Å². The van der Waals surface area contributed by atoms with Crippen LogP contribution in [0.1, 0.15) is 30.9 Å². The summed E-state index contributed by atoms with van der Waals surface area (Å²) in [6.45, 7) is 5.26. The summed E-state index contributed by atoms with van der Waals surface area (Å²) in [5.74, 6) is 0. The van der Waals surface area contributed by atoms with Crippen LogP contribution in [0.3, 0.4) is 0 Å². The van der Waals surface area contributed by atoms with E-state index < -0.39 is 0 Å². The van der Waals surface area contributed by atoms with Crippen LogP contribution in [-0.4, -0.2) is 6.61 Å². The molecule has 0 spiro atoms. The Morgan fingerprint density at radius 3 is 2.69 bits per heavy atom. The van der Waals surface area contributed by atoms with Crippen LogP contribution in [0.4, 0.5) is 0 Å². The van der Waals surface area contributed by atoms with Crippen molar-refractivity contribution in [3.63, 3.8) is 0 Å². The van der Waals surface area contributed by atoms with Crippen LogP contribution in [0.2, 0.25) is 0 Å². The highest BCUT2D eigenvalue weighted by atomic mass is 16.5. The molecule has 0 amide bonds. The minimum absolute atomic E-state index is 0.0225. The Balaban J connectivity index is 2.39. The highest BCUT2D eigenvalue weighted by Crippen LogP contribution is 2.36. The molecule has 1 unspecified atom stereocenters. The summed E-state index contributed by atoms with van der Waals surface area (Å²) in [5.41, 5.74) is 2.67. The molecule has 1 aromatic carbocycles. The lowest BCUT2D eigenvalue weighted by Crippen LogP contribution is -2.20. The van der Waals surface area contributed by atoms with E-state index in [0.29, 0.717) is 0 Å². The largest absolute Gasteiger partial charge is 0.371 e. The maximum absolute atomic E-state index is 5.81. The fourth-order valence-electron chi connectivity index (χ4n) is 2.16. The Hall–Kier alpha value is -0.820. The highest BCUT2D eigenvalue weighted by molar-refractivity contribution is 5.31. The molecule has 70 valence electrons. The van der Waals surface area contributed by atoms with Crippen LogP contribution in [0.25, 0.3) is 0 Å². The molecular formula is C12H16O. The maximum atomic E-state index is 5.81. The average molecular weight is 176 g/mol. The second-order valence-corrected chi connectivity index (χ2v) is 4.00. The van der Waals surface area contributed by atoms with Crippen LogP contribution in [0.5, 0.6) is 0 Å². The standard InChI is InChI=1S/C12H16O/c1-10-6-3-4-7-11(10)12(2)8-5-9-13-12/h3-4,6-7H,5,8-9H2,1-2H3. The minimum Gasteiger partial charge on any atom is -0.371 e. The van der Waals surface area contributed by atoms with Crippen LogP contribution in [0, 0.1) is 6.92 Å². The third-order valence-electron chi connectivity index (χ3n) is 2.93. The molecule has 1 heteroatoms. The SMILES string of the molecule is Cc1ccccc1C1(C)CCCO1. The molecule has 1 saturated heterocycles. The van der Waals surface area contributed by atoms with Gasteiger partial charge in [-0.25, -0.2) is 0 Å². The second-order valence-electron chi connectivity index (χ2n) is 4.00. The van der Waals surface area contributed by atoms with Gasteiger partial charge in [0.15, 0.2) is 0 Å². The lowest BCUT2D eigenvalue weighted by atomic mass is 9.90. The van der Waals surface area contributed by atoms with Crippen molar-refractivity contribution in [1.29, 1.82) is 0 Å². The van der Waals surface area contributed by atoms with Gasteiger partial charge in [-0.15, -0.1) is 0 Å². The van der Waals surface area contributed by atoms with Crippen molar-refractivity contribution < 1.29 is 4.74 Å². The molecule has 1 nitrogen and oxygen atoms in total. The van der Waals surface area contributed by atoms with Gasteiger partial charge in [0, 0.05) is 6.61 Å². The lowest BCUT2D eigenvalue weighted by Gasteiger charge is -2.25. The number of aryl methyl sites for hydroxylation is 1. The first kappa shape index (κ1) is 8.76. The van der Waals surface area contributed by atoms with Gasteiger partial charge in [-0.3, -0.25) is 0 Å². The van der Waals surface area contributed by atoms with E-state index in [1.165, 1.54) is 17.5 Å². The highest BCUT2D eigenvalue weighted by Gasteiger charge is 2.32. The topological polar surface area (TPSA) is 9.23 Å². The number of benzene rings is 1. The van der Waals surface area contributed by atoms with E-state index >= 15 is 0 Å². The molecule has 0 saturated carbocycles. The van der Waals surface area contributed by atoms with Crippen LogP contribution < -0.4 is 0 Å². The fraction of sp³-hybridized carbons (Fsp3) is 0.500. The zero-order valence-corrected chi connectivity index (χ0v) is 8.34. The molecule has 0 N–H and O–H groups in total. The summed E-state index contributed by atoms with van der Waals surface area (Å²) in [6.07, 6.45) is 2.34. The molecule has 2 rings (SSSR count). The normalized spacial score (nSPS) is 27.8. The Bertz CT molecular complexity index is 298. The van der Waals surface area contributed by atoms with Crippen molar-refractivity contribution in [2.75, 3.05) is 6.61 Å². The predicted octanol–water partition coefficient (Wildman–Crippen LogP) is 3.02. The molecule has 0 aromatic heterocycles. The summed E-state index contributed by atoms with van der Waals surface area (Å²) in [5, 5.41) is 0. The van der Waals surface area contributed by atoms with E-state index in [1.807, 2.05) is 0 Å². The van der Waals surface area contributed by atoms with Crippen molar-refractivity contribution in [3.8, 4) is 0 Å². The molecule has 0 bridgehead atoms. The molecule has 1 heterocycles. The van der Waals surface area contributed by atoms with E-state index in [-0.39, 0.29) is 5.60 Å². The van der Waals surface area contributed by atoms with Gasteiger partial charge < -0.3 is 4.74 Å². The fourth-order valence-corrected chi connectivity index (χ4v) is 2.16. The molecule has 13 heavy (non-hydrogen) atoms. The van der Waals surface area contributed by atoms with Crippen molar-refractivity contribution in [2.45, 2.75) is 32.3 Å². The molecule has 1 fully saturated rings. The van der Waals surface area contributed by atoms with Gasteiger partial charge in [0.05, 0.1) is 5.60 Å². The molecule has 0 aliphatic carbocycles. The molecule has 1 aliphatic rings. The maximum Gasteiger partial charge on any atom is 0.0906 e. The van der Waals surface area contributed by atoms with E-state index in [9.17, 15) is 0 Å². The Labute approximate surface area is 79.7 Å². The van der Waals surface area contributed by atoms with Gasteiger partial charge >= 0.3 is 0 Å². The molecule has 1 aliphatic heterocycles. The molecule has 1 aromatic rings. The quantitative estimate of drug-likeness (QED) is 0.639. The van der Waals surface area contributed by atoms with E-state index in [4.69, 9.17) is 4.74 Å². The van der Waals surface area contributed by atoms with E-state index in [0.717, 1.165) is 13.0 Å². The minimum atomic E-state index is -0.0225. The summed E-state index contributed by atoms with van der Waals surface area (Å²) < 4.78 is 5.81. The van der Waals surface area contributed by atoms with Gasteiger partial charge in [-0.1, -0.05) is 24.3 Å². The van der Waals surface area contributed by atoms with Gasteiger partial charge in [-0.05, 0) is 37.8 Å². The van der Waals surface area contributed by atoms with Crippen LogP contribution in [0.15, 0.2) is 24.3 Å². The van der Waals surface area contributed by atoms with Crippen molar-refractivity contribution in [1.82, 2.24) is 0 Å². The second kappa shape index (κ2) is 3.15. The Morgan fingerprint density at radius 1 is 1.31 bits per heavy atom. The number of hydrogen-bond acceptors (Lipinski definition) is 1. The Morgan fingerprint density at radius 2 is 2.08 bits per heavy atom. The van der Waals surface area contributed by atoms with Crippen molar-refractivity contribution >= 4 is 0 Å². The van der Waals surface area contributed by atoms with Crippen LogP contribution in [-0.2, 0) is 10.3 Å². The predicted molar refractivity (Wildman–Crippen MR) is 53.7 cm³/mol. The number of ether oxygens (including phenoxy) is 1. The molecule has 0 radical (unpaired) electrons. The molecular weight excluding hydrogens is 160 g/mol. The monoisotopic (exact) mass is 176 g/mol. The third kappa shape index (κ3) is 1.49. The molecule has 1 atom stereocenters. The number of rotatable bonds is 1. The zero-order valence-electron chi connectivity index (χ0n) is 8.34. The van der Waals surface area contributed by atoms with Crippen LogP contribution >= 0.6 is 0 Å². The first-order chi connectivity index (χ1) is 6.22. The lowest BCUT2D eigenvalue weighted by molar-refractivity contribution is 0.0163. The number of hydrogen-bond donors (Lipinski definition) is 0. The first-order valence-electron chi connectivity index (χ1n) is 4.92. The third-order valence-corrected chi connectivity index (χ3v) is 2.93. The van der Waals surface area contributed by atoms with Gasteiger partial charge in [0.25, 0.3) is 0 Å².